The fraction of sp³-hybridized carbons (Fsp3) is 0.385. The smallest absolute Gasteiger partial charge is 0.241 e. The van der Waals surface area contributed by atoms with E-state index in [0.29, 0.717) is 11.4 Å². The molecule has 0 aliphatic heterocycles. The van der Waals surface area contributed by atoms with Crippen LogP contribution in [0.2, 0.25) is 0 Å². The number of benzene rings is 1. The Morgan fingerprint density at radius 2 is 2.11 bits per heavy atom. The Balaban J connectivity index is 2.22. The minimum Gasteiger partial charge on any atom is -0.493 e. The molecule has 0 atom stereocenters. The molecule has 0 heterocycles. The molecule has 1 aromatic carbocycles. The van der Waals surface area contributed by atoms with E-state index in [2.05, 4.69) is 5.32 Å². The molecule has 6 heteroatoms. The van der Waals surface area contributed by atoms with Crippen molar-refractivity contribution in [1.82, 2.24) is 10.2 Å². The van der Waals surface area contributed by atoms with Crippen LogP contribution in [0.5, 0.6) is 5.75 Å². The first-order valence-electron chi connectivity index (χ1n) is 5.94. The number of nitrogen functional groups attached to an aromatic ring is 1. The van der Waals surface area contributed by atoms with Crippen LogP contribution in [0.3, 0.4) is 0 Å². The molecule has 0 radical (unpaired) electrons. The van der Waals surface area contributed by atoms with Crippen molar-refractivity contribution in [1.29, 1.82) is 0 Å². The van der Waals surface area contributed by atoms with Gasteiger partial charge in [0.15, 0.2) is 0 Å². The molecule has 1 rings (SSSR count). The van der Waals surface area contributed by atoms with Crippen molar-refractivity contribution in [3.8, 4) is 5.75 Å². The third-order valence-electron chi connectivity index (χ3n) is 2.39. The number of nitrogens with zero attached hydrogens (tertiary/aromatic N) is 1. The number of carbonyl (C=O) groups is 2. The number of ether oxygens (including phenoxy) is 1. The second-order valence-electron chi connectivity index (χ2n) is 4.24. The third-order valence-corrected chi connectivity index (χ3v) is 2.39. The molecule has 3 N–H and O–H groups in total. The van der Waals surface area contributed by atoms with E-state index in [1.165, 1.54) is 4.90 Å². The van der Waals surface area contributed by atoms with Crippen molar-refractivity contribution in [3.63, 3.8) is 0 Å². The first-order valence-corrected chi connectivity index (χ1v) is 5.94. The van der Waals surface area contributed by atoms with Crippen LogP contribution < -0.4 is 15.8 Å². The van der Waals surface area contributed by atoms with Gasteiger partial charge in [0.05, 0.1) is 19.6 Å². The fourth-order valence-electron chi connectivity index (χ4n) is 1.29. The first-order chi connectivity index (χ1) is 8.99. The Labute approximate surface area is 112 Å². The van der Waals surface area contributed by atoms with Crippen molar-refractivity contribution in [2.75, 3.05) is 33.0 Å². The number of nitrogens with two attached hydrogens (primary N) is 1. The predicted octanol–water partition coefficient (Wildman–Crippen LogP) is 0.242. The van der Waals surface area contributed by atoms with Crippen LogP contribution in [0.15, 0.2) is 24.3 Å². The van der Waals surface area contributed by atoms with Gasteiger partial charge in [-0.3, -0.25) is 9.59 Å². The average molecular weight is 265 g/mol. The summed E-state index contributed by atoms with van der Waals surface area (Å²) in [5.41, 5.74) is 6.21. The lowest BCUT2D eigenvalue weighted by Crippen LogP contribution is -2.36. The van der Waals surface area contributed by atoms with Crippen molar-refractivity contribution in [2.45, 2.75) is 6.42 Å². The molecule has 0 aliphatic rings. The maximum Gasteiger partial charge on any atom is 0.241 e. The van der Waals surface area contributed by atoms with E-state index in [9.17, 15) is 9.59 Å². The van der Waals surface area contributed by atoms with E-state index < -0.39 is 0 Å². The highest BCUT2D eigenvalue weighted by molar-refractivity contribution is 5.84. The molecule has 19 heavy (non-hydrogen) atoms. The first kappa shape index (κ1) is 14.8. The summed E-state index contributed by atoms with van der Waals surface area (Å²) in [6.45, 7) is 0.246. The molecular formula is C13H19N3O3. The second-order valence-corrected chi connectivity index (χ2v) is 4.24. The number of hydrogen-bond acceptors (Lipinski definition) is 4. The Kier molecular flexibility index (Phi) is 5.66. The van der Waals surface area contributed by atoms with Crippen molar-refractivity contribution in [3.05, 3.63) is 24.3 Å². The maximum atomic E-state index is 11.4. The Morgan fingerprint density at radius 3 is 2.74 bits per heavy atom. The summed E-state index contributed by atoms with van der Waals surface area (Å²) in [6.07, 6.45) is 0.190. The zero-order valence-electron chi connectivity index (χ0n) is 11.2. The van der Waals surface area contributed by atoms with Crippen molar-refractivity contribution in [2.24, 2.45) is 0 Å². The highest BCUT2D eigenvalue weighted by Gasteiger charge is 2.07. The van der Waals surface area contributed by atoms with E-state index >= 15 is 0 Å². The molecule has 6 nitrogen and oxygen atoms in total. The van der Waals surface area contributed by atoms with Crippen LogP contribution in [-0.2, 0) is 9.59 Å². The van der Waals surface area contributed by atoms with Crippen LogP contribution in [0.4, 0.5) is 5.69 Å². The molecule has 0 unspecified atom stereocenters. The summed E-state index contributed by atoms with van der Waals surface area (Å²) in [5, 5.41) is 2.53. The number of carbonyl (C=O) groups excluding carboxylic acids is 2. The summed E-state index contributed by atoms with van der Waals surface area (Å²) < 4.78 is 5.38. The summed E-state index contributed by atoms with van der Waals surface area (Å²) in [4.78, 5) is 24.1. The largest absolute Gasteiger partial charge is 0.493 e. The number of nitrogens with one attached hydrogen (secondary N) is 1. The Morgan fingerprint density at radius 1 is 1.37 bits per heavy atom. The average Bonchev–Trinajstić information content (AvgIpc) is 2.36. The van der Waals surface area contributed by atoms with E-state index in [1.807, 2.05) is 0 Å². The SMILES string of the molecule is CN(C)C(=O)CNC(=O)CCOc1cccc(N)c1. The summed E-state index contributed by atoms with van der Waals surface area (Å²) >= 11 is 0. The van der Waals surface area contributed by atoms with Gasteiger partial charge < -0.3 is 20.7 Å². The van der Waals surface area contributed by atoms with E-state index in [-0.39, 0.29) is 31.4 Å². The molecular weight excluding hydrogens is 246 g/mol. The maximum absolute atomic E-state index is 11.4. The van der Waals surface area contributed by atoms with Crippen molar-refractivity contribution < 1.29 is 14.3 Å². The third kappa shape index (κ3) is 5.76. The van der Waals surface area contributed by atoms with Gasteiger partial charge in [0.2, 0.25) is 11.8 Å². The minimum atomic E-state index is -0.223. The van der Waals surface area contributed by atoms with E-state index in [1.54, 1.807) is 38.4 Å². The highest BCUT2D eigenvalue weighted by atomic mass is 16.5. The number of likely N-dealkylation sites (N-methyl/N-ethyl adjacent to an activating group) is 1. The topological polar surface area (TPSA) is 84.7 Å². The van der Waals surface area contributed by atoms with E-state index in [0.717, 1.165) is 0 Å². The number of rotatable bonds is 6. The zero-order valence-corrected chi connectivity index (χ0v) is 11.2. The molecule has 0 spiro atoms. The summed E-state index contributed by atoms with van der Waals surface area (Å²) in [6, 6.07) is 6.99. The van der Waals surface area contributed by atoms with Crippen LogP contribution in [-0.4, -0.2) is 44.0 Å². The van der Waals surface area contributed by atoms with Gasteiger partial charge in [0, 0.05) is 25.8 Å². The molecule has 0 saturated carbocycles. The predicted molar refractivity (Wildman–Crippen MR) is 72.7 cm³/mol. The summed E-state index contributed by atoms with van der Waals surface area (Å²) in [7, 11) is 3.27. The molecule has 0 aliphatic carbocycles. The Bertz CT molecular complexity index is 447. The highest BCUT2D eigenvalue weighted by Crippen LogP contribution is 2.14. The summed E-state index contributed by atoms with van der Waals surface area (Å²) in [5.74, 6) is 0.251. The number of amides is 2. The molecule has 0 fully saturated rings. The lowest BCUT2D eigenvalue weighted by Gasteiger charge is -2.11. The molecule has 0 aromatic heterocycles. The molecule has 1 aromatic rings. The molecule has 2 amide bonds. The van der Waals surface area contributed by atoms with Crippen LogP contribution in [0.25, 0.3) is 0 Å². The minimum absolute atomic E-state index is 0.00409. The van der Waals surface area contributed by atoms with Crippen LogP contribution >= 0.6 is 0 Å². The van der Waals surface area contributed by atoms with Gasteiger partial charge in [-0.1, -0.05) is 6.07 Å². The van der Waals surface area contributed by atoms with Crippen LogP contribution in [0, 0.1) is 0 Å². The number of hydrogen-bond donors (Lipinski definition) is 2. The van der Waals surface area contributed by atoms with Gasteiger partial charge in [-0.25, -0.2) is 0 Å². The number of anilines is 1. The second kappa shape index (κ2) is 7.25. The van der Waals surface area contributed by atoms with Gasteiger partial charge in [-0.2, -0.15) is 0 Å². The standard InChI is InChI=1S/C13H19N3O3/c1-16(2)13(18)9-15-12(17)6-7-19-11-5-3-4-10(14)8-11/h3-5,8H,6-7,9,14H2,1-2H3,(H,15,17). The van der Waals surface area contributed by atoms with Crippen LogP contribution in [0.1, 0.15) is 6.42 Å². The molecule has 0 saturated heterocycles. The van der Waals surface area contributed by atoms with Gasteiger partial charge >= 0.3 is 0 Å². The zero-order chi connectivity index (χ0) is 14.3. The van der Waals surface area contributed by atoms with Gasteiger partial charge in [-0.15, -0.1) is 0 Å². The molecule has 104 valence electrons. The Hall–Kier alpha value is -2.24. The lowest BCUT2D eigenvalue weighted by molar-refractivity contribution is -0.131. The van der Waals surface area contributed by atoms with Crippen molar-refractivity contribution >= 4 is 17.5 Å². The van der Waals surface area contributed by atoms with Gasteiger partial charge in [-0.05, 0) is 12.1 Å². The molecule has 0 bridgehead atoms. The van der Waals surface area contributed by atoms with Gasteiger partial charge in [0.25, 0.3) is 0 Å². The van der Waals surface area contributed by atoms with Gasteiger partial charge in [0.1, 0.15) is 5.75 Å². The van der Waals surface area contributed by atoms with E-state index in [4.69, 9.17) is 10.5 Å². The normalized spacial score (nSPS) is 9.79. The monoisotopic (exact) mass is 265 g/mol. The fourth-order valence-corrected chi connectivity index (χ4v) is 1.29. The quantitative estimate of drug-likeness (QED) is 0.722. The lowest BCUT2D eigenvalue weighted by atomic mass is 10.3.